The van der Waals surface area contributed by atoms with Crippen LogP contribution in [-0.4, -0.2) is 70.4 Å². The lowest BCUT2D eigenvalue weighted by Crippen LogP contribution is -2.58. The number of carbonyl (C=O) groups excluding carboxylic acids is 4. The Balaban J connectivity index is 1.70. The fourth-order valence-corrected chi connectivity index (χ4v) is 4.68. The maximum absolute atomic E-state index is 13.3. The van der Waals surface area contributed by atoms with Gasteiger partial charge < -0.3 is 43.2 Å². The van der Waals surface area contributed by atoms with Crippen molar-refractivity contribution in [3.8, 4) is 0 Å². The molecular weight excluding hydrogens is 554 g/mol. The molecule has 0 bridgehead atoms. The average Bonchev–Trinajstić information content (AvgIpc) is 3.38. The first-order valence-electron chi connectivity index (χ1n) is 14.1. The topological polar surface area (TPSA) is 236 Å². The molecule has 1 heterocycles. The van der Waals surface area contributed by atoms with Gasteiger partial charge in [0.2, 0.25) is 23.6 Å². The largest absolute Gasteiger partial charge is 0.480 e. The Morgan fingerprint density at radius 3 is 2.09 bits per heavy atom. The Labute approximate surface area is 248 Å². The van der Waals surface area contributed by atoms with Gasteiger partial charge in [-0.15, -0.1) is 0 Å². The van der Waals surface area contributed by atoms with Crippen molar-refractivity contribution in [3.63, 3.8) is 0 Å². The van der Waals surface area contributed by atoms with Gasteiger partial charge in [-0.25, -0.2) is 4.79 Å². The van der Waals surface area contributed by atoms with Crippen LogP contribution in [0, 0.1) is 0 Å². The van der Waals surface area contributed by atoms with Crippen LogP contribution in [0.25, 0.3) is 10.9 Å². The number of fused-ring (bicyclic) bond motifs is 1. The van der Waals surface area contributed by atoms with Gasteiger partial charge in [0.15, 0.2) is 0 Å². The lowest BCUT2D eigenvalue weighted by molar-refractivity contribution is -0.142. The van der Waals surface area contributed by atoms with E-state index in [1.165, 1.54) is 0 Å². The normalized spacial score (nSPS) is 13.8. The number of para-hydroxylation sites is 1. The van der Waals surface area contributed by atoms with Crippen molar-refractivity contribution in [2.24, 2.45) is 17.2 Å². The molecule has 4 amide bonds. The number of unbranched alkanes of at least 4 members (excludes halogenated alkanes) is 1. The van der Waals surface area contributed by atoms with Crippen LogP contribution in [0.15, 0.2) is 60.8 Å². The second-order valence-electron chi connectivity index (χ2n) is 10.3. The van der Waals surface area contributed by atoms with Crippen LogP contribution in [0.1, 0.15) is 36.8 Å². The highest BCUT2D eigenvalue weighted by Crippen LogP contribution is 2.19. The molecule has 0 saturated carbocycles. The molecule has 0 radical (unpaired) electrons. The van der Waals surface area contributed by atoms with Crippen LogP contribution in [0.4, 0.5) is 0 Å². The molecule has 43 heavy (non-hydrogen) atoms. The number of carbonyl (C=O) groups is 5. The number of rotatable bonds is 17. The maximum atomic E-state index is 13.3. The fraction of sp³-hybridized carbons (Fsp3) is 0.367. The minimum atomic E-state index is -1.48. The number of hydrogen-bond donors (Lipinski definition) is 8. The molecule has 0 aliphatic carbocycles. The molecule has 13 nitrogen and oxygen atoms in total. The zero-order valence-corrected chi connectivity index (χ0v) is 23.8. The second kappa shape index (κ2) is 16.0. The highest BCUT2D eigenvalue weighted by Gasteiger charge is 2.31. The molecule has 2 aromatic carbocycles. The van der Waals surface area contributed by atoms with E-state index in [9.17, 15) is 29.1 Å². The molecule has 3 rings (SSSR count). The van der Waals surface area contributed by atoms with Crippen molar-refractivity contribution >= 4 is 40.5 Å². The number of aliphatic carboxylic acids is 1. The van der Waals surface area contributed by atoms with Crippen molar-refractivity contribution < 1.29 is 29.1 Å². The lowest BCUT2D eigenvalue weighted by Gasteiger charge is -2.25. The van der Waals surface area contributed by atoms with E-state index >= 15 is 0 Å². The molecule has 0 saturated heterocycles. The molecule has 4 unspecified atom stereocenters. The van der Waals surface area contributed by atoms with E-state index in [4.69, 9.17) is 17.2 Å². The molecule has 0 fully saturated rings. The summed E-state index contributed by atoms with van der Waals surface area (Å²) in [5.74, 6) is -4.42. The van der Waals surface area contributed by atoms with Gasteiger partial charge >= 0.3 is 5.97 Å². The summed E-state index contributed by atoms with van der Waals surface area (Å²) in [6.07, 6.45) is 2.62. The van der Waals surface area contributed by atoms with Crippen molar-refractivity contribution in [2.45, 2.75) is 62.7 Å². The lowest BCUT2D eigenvalue weighted by atomic mass is 10.0. The van der Waals surface area contributed by atoms with Crippen LogP contribution in [0.3, 0.4) is 0 Å². The number of aromatic amines is 1. The Morgan fingerprint density at radius 2 is 1.42 bits per heavy atom. The Hall–Kier alpha value is -4.75. The number of nitrogens with two attached hydrogens (primary N) is 3. The van der Waals surface area contributed by atoms with Gasteiger partial charge in [0, 0.05) is 23.5 Å². The van der Waals surface area contributed by atoms with E-state index in [-0.39, 0.29) is 19.3 Å². The summed E-state index contributed by atoms with van der Waals surface area (Å²) in [5, 5.41) is 18.1. The maximum Gasteiger partial charge on any atom is 0.326 e. The zero-order valence-electron chi connectivity index (χ0n) is 23.8. The van der Waals surface area contributed by atoms with Gasteiger partial charge in [0.05, 0.1) is 12.5 Å². The van der Waals surface area contributed by atoms with E-state index in [1.807, 2.05) is 24.3 Å². The molecule has 230 valence electrons. The summed E-state index contributed by atoms with van der Waals surface area (Å²) < 4.78 is 0. The highest BCUT2D eigenvalue weighted by atomic mass is 16.4. The van der Waals surface area contributed by atoms with Gasteiger partial charge in [-0.3, -0.25) is 19.2 Å². The highest BCUT2D eigenvalue weighted by molar-refractivity contribution is 5.96. The second-order valence-corrected chi connectivity index (χ2v) is 10.3. The molecule has 0 aliphatic heterocycles. The molecule has 11 N–H and O–H groups in total. The monoisotopic (exact) mass is 593 g/mol. The molecule has 13 heteroatoms. The van der Waals surface area contributed by atoms with Crippen molar-refractivity contribution in [3.05, 3.63) is 71.9 Å². The summed E-state index contributed by atoms with van der Waals surface area (Å²) in [6.45, 7) is 0.368. The van der Waals surface area contributed by atoms with Crippen molar-refractivity contribution in [1.29, 1.82) is 0 Å². The van der Waals surface area contributed by atoms with Crippen molar-refractivity contribution in [2.75, 3.05) is 6.54 Å². The first kappa shape index (κ1) is 32.8. The number of aromatic nitrogens is 1. The first-order chi connectivity index (χ1) is 20.6. The number of benzene rings is 2. The summed E-state index contributed by atoms with van der Waals surface area (Å²) >= 11 is 0. The predicted octanol–water partition coefficient (Wildman–Crippen LogP) is -0.176. The number of hydrogen-bond acceptors (Lipinski definition) is 7. The summed E-state index contributed by atoms with van der Waals surface area (Å²) in [4.78, 5) is 66.3. The number of amides is 4. The average molecular weight is 594 g/mol. The third kappa shape index (κ3) is 9.94. The third-order valence-electron chi connectivity index (χ3n) is 6.97. The molecular formula is C30H39N7O6. The van der Waals surface area contributed by atoms with E-state index in [0.717, 1.165) is 16.5 Å². The smallest absolute Gasteiger partial charge is 0.326 e. The van der Waals surface area contributed by atoms with E-state index in [0.29, 0.717) is 24.9 Å². The van der Waals surface area contributed by atoms with Gasteiger partial charge in [-0.2, -0.15) is 0 Å². The zero-order chi connectivity index (χ0) is 31.4. The summed E-state index contributed by atoms with van der Waals surface area (Å²) in [7, 11) is 0. The third-order valence-corrected chi connectivity index (χ3v) is 6.97. The molecule has 4 atom stereocenters. The van der Waals surface area contributed by atoms with E-state index < -0.39 is 60.2 Å². The van der Waals surface area contributed by atoms with Gasteiger partial charge in [0.25, 0.3) is 0 Å². The minimum absolute atomic E-state index is 0.0226. The summed E-state index contributed by atoms with van der Waals surface area (Å²) in [6, 6.07) is 11.3. The van der Waals surface area contributed by atoms with E-state index in [2.05, 4.69) is 20.9 Å². The van der Waals surface area contributed by atoms with Crippen LogP contribution in [0.2, 0.25) is 0 Å². The van der Waals surface area contributed by atoms with Gasteiger partial charge in [0.1, 0.15) is 18.1 Å². The number of nitrogens with one attached hydrogen (secondary N) is 4. The molecule has 0 spiro atoms. The van der Waals surface area contributed by atoms with Gasteiger partial charge in [-0.1, -0.05) is 48.5 Å². The Kier molecular flexibility index (Phi) is 12.2. The molecule has 3 aromatic rings. The number of primary amides is 1. The van der Waals surface area contributed by atoms with E-state index in [1.54, 1.807) is 36.5 Å². The predicted molar refractivity (Wildman–Crippen MR) is 160 cm³/mol. The van der Waals surface area contributed by atoms with Crippen LogP contribution in [0.5, 0.6) is 0 Å². The van der Waals surface area contributed by atoms with Crippen LogP contribution < -0.4 is 33.2 Å². The minimum Gasteiger partial charge on any atom is -0.480 e. The van der Waals surface area contributed by atoms with Crippen LogP contribution >= 0.6 is 0 Å². The number of carboxylic acid groups (broad SMARTS) is 1. The molecule has 1 aromatic heterocycles. The number of H-pyrrole nitrogens is 1. The summed E-state index contributed by atoms with van der Waals surface area (Å²) in [5.41, 5.74) is 19.5. The fourth-order valence-electron chi connectivity index (χ4n) is 4.68. The quantitative estimate of drug-likeness (QED) is 0.0975. The Morgan fingerprint density at radius 1 is 0.791 bits per heavy atom. The SMILES string of the molecule is NCCCCC(NC(=O)C(N)Cc1c[nH]c2ccccc12)C(=O)NC(CC(N)=O)C(=O)NC(Cc1ccccc1)C(=O)O. The van der Waals surface area contributed by atoms with Gasteiger partial charge in [-0.05, 0) is 49.4 Å². The van der Waals surface area contributed by atoms with Crippen molar-refractivity contribution in [1.82, 2.24) is 20.9 Å². The van der Waals surface area contributed by atoms with Crippen LogP contribution in [-0.2, 0) is 36.8 Å². The Bertz CT molecular complexity index is 1410. The molecule has 0 aliphatic rings. The first-order valence-corrected chi connectivity index (χ1v) is 14.1. The standard InChI is InChI=1S/C30H39N7O6/c31-13-7-6-12-23(35-27(39)21(32)15-19-17-34-22-11-5-4-10-20(19)22)28(40)36-24(16-26(33)38)29(41)37-25(30(42)43)14-18-8-2-1-3-9-18/h1-5,8-11,17,21,23-25,34H,6-7,12-16,31-32H2,(H2,33,38)(H,35,39)(H,36,40)(H,37,41)(H,42,43). The number of carboxylic acids is 1.